The molecular weight excluding hydrogens is 238 g/mol. The first-order valence-corrected chi connectivity index (χ1v) is 8.15. The molecule has 3 nitrogen and oxygen atoms in total. The molecule has 0 spiro atoms. The van der Waals surface area contributed by atoms with Crippen LogP contribution in [-0.2, 0) is 4.74 Å². The van der Waals surface area contributed by atoms with Gasteiger partial charge in [-0.2, -0.15) is 0 Å². The van der Waals surface area contributed by atoms with Crippen molar-refractivity contribution in [2.45, 2.75) is 64.0 Å². The van der Waals surface area contributed by atoms with Crippen molar-refractivity contribution >= 4 is 0 Å². The minimum Gasteiger partial charge on any atom is -0.391 e. The van der Waals surface area contributed by atoms with Gasteiger partial charge in [0.15, 0.2) is 0 Å². The Labute approximate surface area is 118 Å². The highest BCUT2D eigenvalue weighted by Gasteiger charge is 2.34. The molecule has 0 bridgehead atoms. The van der Waals surface area contributed by atoms with Crippen LogP contribution in [0.2, 0.25) is 0 Å². The monoisotopic (exact) mass is 269 g/mol. The molecule has 1 saturated heterocycles. The summed E-state index contributed by atoms with van der Waals surface area (Å²) in [7, 11) is 1.80. The minimum atomic E-state index is -0.0907. The highest BCUT2D eigenvalue weighted by atomic mass is 16.5. The van der Waals surface area contributed by atoms with Crippen LogP contribution in [-0.4, -0.2) is 49.0 Å². The van der Waals surface area contributed by atoms with Crippen LogP contribution >= 0.6 is 0 Å². The predicted molar refractivity (Wildman–Crippen MR) is 78.2 cm³/mol. The standard InChI is InChI=1S/C16H31NO2/c1-3-4-13-5-6-16(18)15(11-13)17-9-7-14(8-10-17)12-19-2/h13-16,18H,3-12H2,1-2H3. The summed E-state index contributed by atoms with van der Waals surface area (Å²) in [5.41, 5.74) is 0. The third-order valence-electron chi connectivity index (χ3n) is 5.11. The molecular formula is C16H31NO2. The molecule has 1 saturated carbocycles. The van der Waals surface area contributed by atoms with Gasteiger partial charge in [-0.3, -0.25) is 4.90 Å². The lowest BCUT2D eigenvalue weighted by Gasteiger charge is -2.43. The zero-order valence-corrected chi connectivity index (χ0v) is 12.7. The number of aliphatic hydroxyl groups excluding tert-OH is 1. The third kappa shape index (κ3) is 4.17. The first-order chi connectivity index (χ1) is 9.24. The van der Waals surface area contributed by atoms with Crippen molar-refractivity contribution < 1.29 is 9.84 Å². The third-order valence-corrected chi connectivity index (χ3v) is 5.11. The van der Waals surface area contributed by atoms with Crippen molar-refractivity contribution in [1.29, 1.82) is 0 Å². The van der Waals surface area contributed by atoms with Crippen molar-refractivity contribution in [2.24, 2.45) is 11.8 Å². The molecule has 1 aliphatic carbocycles. The lowest BCUT2D eigenvalue weighted by Crippen LogP contribution is -2.50. The van der Waals surface area contributed by atoms with Gasteiger partial charge in [-0.15, -0.1) is 0 Å². The fourth-order valence-electron chi connectivity index (χ4n) is 3.97. The highest BCUT2D eigenvalue weighted by Crippen LogP contribution is 2.33. The van der Waals surface area contributed by atoms with E-state index in [-0.39, 0.29) is 6.10 Å². The number of aliphatic hydroxyl groups is 1. The second kappa shape index (κ2) is 7.61. The molecule has 3 atom stereocenters. The van der Waals surface area contributed by atoms with Crippen LogP contribution in [0.5, 0.6) is 0 Å². The lowest BCUT2D eigenvalue weighted by atomic mass is 9.80. The van der Waals surface area contributed by atoms with E-state index >= 15 is 0 Å². The number of piperidine rings is 1. The molecule has 2 aliphatic rings. The first-order valence-electron chi connectivity index (χ1n) is 8.15. The molecule has 0 aromatic carbocycles. The van der Waals surface area contributed by atoms with Crippen molar-refractivity contribution in [3.05, 3.63) is 0 Å². The average molecular weight is 269 g/mol. The number of rotatable bonds is 5. The number of hydrogen-bond donors (Lipinski definition) is 1. The van der Waals surface area contributed by atoms with Gasteiger partial charge in [-0.25, -0.2) is 0 Å². The van der Waals surface area contributed by atoms with E-state index in [2.05, 4.69) is 11.8 Å². The van der Waals surface area contributed by atoms with Gasteiger partial charge in [0, 0.05) is 19.8 Å². The molecule has 3 heteroatoms. The van der Waals surface area contributed by atoms with Gasteiger partial charge in [-0.05, 0) is 57.0 Å². The smallest absolute Gasteiger partial charge is 0.0695 e. The van der Waals surface area contributed by atoms with Gasteiger partial charge >= 0.3 is 0 Å². The first kappa shape index (κ1) is 15.3. The van der Waals surface area contributed by atoms with E-state index in [1.54, 1.807) is 7.11 Å². The molecule has 19 heavy (non-hydrogen) atoms. The van der Waals surface area contributed by atoms with Crippen molar-refractivity contribution in [3.8, 4) is 0 Å². The molecule has 1 aliphatic heterocycles. The van der Waals surface area contributed by atoms with E-state index in [1.165, 1.54) is 38.5 Å². The quantitative estimate of drug-likeness (QED) is 0.833. The van der Waals surface area contributed by atoms with E-state index in [0.717, 1.165) is 38.0 Å². The average Bonchev–Trinajstić information content (AvgIpc) is 2.43. The second-order valence-corrected chi connectivity index (χ2v) is 6.54. The maximum absolute atomic E-state index is 10.3. The van der Waals surface area contributed by atoms with Crippen LogP contribution in [0.3, 0.4) is 0 Å². The summed E-state index contributed by atoms with van der Waals surface area (Å²) in [4.78, 5) is 2.55. The summed E-state index contributed by atoms with van der Waals surface area (Å²) in [5.74, 6) is 1.57. The van der Waals surface area contributed by atoms with E-state index in [9.17, 15) is 5.11 Å². The normalized spacial score (nSPS) is 34.6. The zero-order valence-electron chi connectivity index (χ0n) is 12.7. The second-order valence-electron chi connectivity index (χ2n) is 6.54. The Bertz CT molecular complexity index is 251. The van der Waals surface area contributed by atoms with E-state index < -0.39 is 0 Å². The van der Waals surface area contributed by atoms with Crippen molar-refractivity contribution in [3.63, 3.8) is 0 Å². The number of nitrogens with zero attached hydrogens (tertiary/aromatic N) is 1. The molecule has 1 N–H and O–H groups in total. The molecule has 0 aromatic rings. The van der Waals surface area contributed by atoms with Crippen molar-refractivity contribution in [1.82, 2.24) is 4.90 Å². The van der Waals surface area contributed by atoms with E-state index in [0.29, 0.717) is 6.04 Å². The highest BCUT2D eigenvalue weighted by molar-refractivity contribution is 4.88. The lowest BCUT2D eigenvalue weighted by molar-refractivity contribution is -0.0176. The molecule has 2 rings (SSSR count). The molecule has 0 aromatic heterocycles. The van der Waals surface area contributed by atoms with Crippen LogP contribution in [0, 0.1) is 11.8 Å². The number of ether oxygens (including phenoxy) is 1. The number of methoxy groups -OCH3 is 1. The van der Waals surface area contributed by atoms with E-state index in [4.69, 9.17) is 4.74 Å². The van der Waals surface area contributed by atoms with Crippen LogP contribution in [0.25, 0.3) is 0 Å². The molecule has 0 radical (unpaired) electrons. The summed E-state index contributed by atoms with van der Waals surface area (Å²) in [6, 6.07) is 0.425. The Morgan fingerprint density at radius 2 is 1.84 bits per heavy atom. The van der Waals surface area contributed by atoms with Crippen molar-refractivity contribution in [2.75, 3.05) is 26.8 Å². The largest absolute Gasteiger partial charge is 0.391 e. The Morgan fingerprint density at radius 3 is 2.47 bits per heavy atom. The predicted octanol–water partition coefficient (Wildman–Crippen LogP) is 2.67. The number of hydrogen-bond acceptors (Lipinski definition) is 3. The van der Waals surface area contributed by atoms with Gasteiger partial charge in [0.25, 0.3) is 0 Å². The molecule has 112 valence electrons. The Balaban J connectivity index is 1.82. The van der Waals surface area contributed by atoms with Crippen LogP contribution in [0.4, 0.5) is 0 Å². The minimum absolute atomic E-state index is 0.0907. The maximum atomic E-state index is 10.3. The Kier molecular flexibility index (Phi) is 6.11. The van der Waals surface area contributed by atoms with Gasteiger partial charge in [0.05, 0.1) is 6.10 Å². The molecule has 0 amide bonds. The fourth-order valence-corrected chi connectivity index (χ4v) is 3.97. The molecule has 1 heterocycles. The zero-order chi connectivity index (χ0) is 13.7. The number of likely N-dealkylation sites (tertiary alicyclic amines) is 1. The van der Waals surface area contributed by atoms with Crippen LogP contribution in [0.1, 0.15) is 51.9 Å². The molecule has 3 unspecified atom stereocenters. The summed E-state index contributed by atoms with van der Waals surface area (Å²) in [6.07, 6.45) is 8.44. The topological polar surface area (TPSA) is 32.7 Å². The Hall–Kier alpha value is -0.120. The fraction of sp³-hybridized carbons (Fsp3) is 1.00. The van der Waals surface area contributed by atoms with Gasteiger partial charge in [-0.1, -0.05) is 19.8 Å². The summed E-state index contributed by atoms with van der Waals surface area (Å²) in [5, 5.41) is 10.3. The molecule has 2 fully saturated rings. The van der Waals surface area contributed by atoms with Crippen LogP contribution < -0.4 is 0 Å². The van der Waals surface area contributed by atoms with Gasteiger partial charge in [0.1, 0.15) is 0 Å². The maximum Gasteiger partial charge on any atom is 0.0695 e. The van der Waals surface area contributed by atoms with E-state index in [1.807, 2.05) is 0 Å². The van der Waals surface area contributed by atoms with Gasteiger partial charge in [0.2, 0.25) is 0 Å². The van der Waals surface area contributed by atoms with Gasteiger partial charge < -0.3 is 9.84 Å². The summed E-state index contributed by atoms with van der Waals surface area (Å²) >= 11 is 0. The van der Waals surface area contributed by atoms with Crippen LogP contribution in [0.15, 0.2) is 0 Å². The summed E-state index contributed by atoms with van der Waals surface area (Å²) in [6.45, 7) is 5.47. The Morgan fingerprint density at radius 1 is 1.11 bits per heavy atom. The SMILES string of the molecule is CCCC1CCC(O)C(N2CCC(COC)CC2)C1. The summed E-state index contributed by atoms with van der Waals surface area (Å²) < 4.78 is 5.26.